The molecule has 2 fully saturated rings. The van der Waals surface area contributed by atoms with E-state index in [1.807, 2.05) is 4.68 Å². The van der Waals surface area contributed by atoms with Crippen molar-refractivity contribution in [1.82, 2.24) is 15.1 Å². The van der Waals surface area contributed by atoms with Crippen LogP contribution >= 0.6 is 0 Å². The number of aryl methyl sites for hydroxylation is 1. The molecule has 1 saturated carbocycles. The molecule has 2 unspecified atom stereocenters. The topological polar surface area (TPSA) is 33.1 Å². The highest BCUT2D eigenvalue weighted by Crippen LogP contribution is 2.35. The largest absolute Gasteiger partial charge is 0.349 e. The lowest BCUT2D eigenvalue weighted by molar-refractivity contribution is 0.357. The maximum absolute atomic E-state index is 4.68. The van der Waals surface area contributed by atoms with Gasteiger partial charge in [-0.2, -0.15) is 5.10 Å². The summed E-state index contributed by atoms with van der Waals surface area (Å²) in [5, 5.41) is 8.41. The zero-order valence-corrected chi connectivity index (χ0v) is 11.5. The van der Waals surface area contributed by atoms with Gasteiger partial charge in [0.15, 0.2) is 5.82 Å². The third-order valence-electron chi connectivity index (χ3n) is 4.36. The highest BCUT2D eigenvalue weighted by molar-refractivity contribution is 5.40. The Balaban J connectivity index is 1.76. The van der Waals surface area contributed by atoms with Crippen molar-refractivity contribution in [2.45, 2.75) is 51.7 Å². The Morgan fingerprint density at radius 1 is 1.39 bits per heavy atom. The lowest BCUT2D eigenvalue weighted by Gasteiger charge is -2.40. The van der Waals surface area contributed by atoms with Gasteiger partial charge < -0.3 is 10.2 Å². The van der Waals surface area contributed by atoms with Gasteiger partial charge in [0.1, 0.15) is 0 Å². The monoisotopic (exact) mass is 248 g/mol. The van der Waals surface area contributed by atoms with Crippen LogP contribution in [0.25, 0.3) is 0 Å². The van der Waals surface area contributed by atoms with Gasteiger partial charge in [-0.15, -0.1) is 0 Å². The Morgan fingerprint density at radius 3 is 2.83 bits per heavy atom. The molecule has 4 nitrogen and oxygen atoms in total. The Hall–Kier alpha value is -1.03. The first kappa shape index (κ1) is 12.0. The van der Waals surface area contributed by atoms with Crippen LogP contribution in [0.4, 0.5) is 5.82 Å². The minimum absolute atomic E-state index is 0.597. The molecule has 1 N–H and O–H groups in total. The molecule has 18 heavy (non-hydrogen) atoms. The number of rotatable bonds is 4. The minimum atomic E-state index is 0.597. The smallest absolute Gasteiger partial charge is 0.150 e. The summed E-state index contributed by atoms with van der Waals surface area (Å²) in [6.07, 6.45) is 6.09. The van der Waals surface area contributed by atoms with Crippen molar-refractivity contribution in [1.29, 1.82) is 0 Å². The van der Waals surface area contributed by atoms with Gasteiger partial charge in [0, 0.05) is 44.0 Å². The van der Waals surface area contributed by atoms with Gasteiger partial charge in [-0.3, -0.25) is 4.68 Å². The molecular formula is C14H24N4. The molecule has 0 spiro atoms. The molecule has 2 aliphatic rings. The van der Waals surface area contributed by atoms with Crippen molar-refractivity contribution in [2.75, 3.05) is 18.0 Å². The van der Waals surface area contributed by atoms with E-state index in [-0.39, 0.29) is 0 Å². The maximum atomic E-state index is 4.68. The zero-order valence-electron chi connectivity index (χ0n) is 11.5. The van der Waals surface area contributed by atoms with Gasteiger partial charge >= 0.3 is 0 Å². The average molecular weight is 248 g/mol. The Morgan fingerprint density at radius 2 is 2.22 bits per heavy atom. The molecule has 0 amide bonds. The molecule has 100 valence electrons. The maximum Gasteiger partial charge on any atom is 0.150 e. The van der Waals surface area contributed by atoms with Gasteiger partial charge in [-0.25, -0.2) is 0 Å². The molecule has 1 saturated heterocycles. The molecule has 1 aliphatic carbocycles. The highest BCUT2D eigenvalue weighted by Gasteiger charge is 2.37. The van der Waals surface area contributed by atoms with Crippen LogP contribution in [0.15, 0.2) is 12.3 Å². The number of piperazine rings is 1. The number of anilines is 1. The van der Waals surface area contributed by atoms with Crippen molar-refractivity contribution in [3.63, 3.8) is 0 Å². The van der Waals surface area contributed by atoms with E-state index >= 15 is 0 Å². The fraction of sp³-hybridized carbons (Fsp3) is 0.786. The average Bonchev–Trinajstić information content (AvgIpc) is 3.16. The van der Waals surface area contributed by atoms with E-state index in [1.165, 1.54) is 19.3 Å². The van der Waals surface area contributed by atoms with Crippen molar-refractivity contribution >= 4 is 5.82 Å². The van der Waals surface area contributed by atoms with Crippen LogP contribution in [-0.2, 0) is 6.54 Å². The molecule has 2 heterocycles. The molecule has 3 rings (SSSR count). The summed E-state index contributed by atoms with van der Waals surface area (Å²) in [7, 11) is 0. The summed E-state index contributed by atoms with van der Waals surface area (Å²) in [5.74, 6) is 2.08. The Labute approximate surface area is 109 Å². The molecule has 4 heteroatoms. The summed E-state index contributed by atoms with van der Waals surface area (Å²) < 4.78 is 2.02. The Bertz CT molecular complexity index is 396. The van der Waals surface area contributed by atoms with E-state index < -0.39 is 0 Å². The second-order valence-electron chi connectivity index (χ2n) is 5.60. The fourth-order valence-corrected chi connectivity index (χ4v) is 2.96. The molecular weight excluding hydrogens is 224 g/mol. The van der Waals surface area contributed by atoms with Crippen molar-refractivity contribution in [2.24, 2.45) is 5.92 Å². The van der Waals surface area contributed by atoms with Crippen LogP contribution in [0.1, 0.15) is 33.1 Å². The first-order chi connectivity index (χ1) is 8.81. The predicted octanol–water partition coefficient (Wildman–Crippen LogP) is 1.87. The second-order valence-corrected chi connectivity index (χ2v) is 5.60. The van der Waals surface area contributed by atoms with Crippen LogP contribution < -0.4 is 10.2 Å². The first-order valence-corrected chi connectivity index (χ1v) is 7.35. The minimum Gasteiger partial charge on any atom is -0.349 e. The molecule has 1 aromatic rings. The molecule has 1 aromatic heterocycles. The SMILES string of the molecule is CCC1CNC(C2CC2)CN1c1ccn(CC)n1. The normalized spacial score (nSPS) is 28.7. The number of aromatic nitrogens is 2. The van der Waals surface area contributed by atoms with E-state index in [0.29, 0.717) is 12.1 Å². The van der Waals surface area contributed by atoms with Crippen LogP contribution in [0.3, 0.4) is 0 Å². The van der Waals surface area contributed by atoms with Gasteiger partial charge in [-0.1, -0.05) is 6.92 Å². The molecule has 0 aromatic carbocycles. The van der Waals surface area contributed by atoms with Crippen LogP contribution in [0.2, 0.25) is 0 Å². The number of hydrogen-bond acceptors (Lipinski definition) is 3. The highest BCUT2D eigenvalue weighted by atomic mass is 15.4. The zero-order chi connectivity index (χ0) is 12.5. The van der Waals surface area contributed by atoms with Crippen LogP contribution in [0, 0.1) is 5.92 Å². The van der Waals surface area contributed by atoms with Crippen molar-refractivity contribution in [3.8, 4) is 0 Å². The first-order valence-electron chi connectivity index (χ1n) is 7.35. The van der Waals surface area contributed by atoms with E-state index in [1.54, 1.807) is 0 Å². The van der Waals surface area contributed by atoms with Crippen molar-refractivity contribution < 1.29 is 0 Å². The van der Waals surface area contributed by atoms with Gasteiger partial charge in [0.05, 0.1) is 0 Å². The summed E-state index contributed by atoms with van der Waals surface area (Å²) in [4.78, 5) is 2.52. The van der Waals surface area contributed by atoms with Crippen LogP contribution in [-0.4, -0.2) is 35.0 Å². The standard InChI is InChI=1S/C14H24N4/c1-3-12-9-15-13(11-5-6-11)10-18(12)14-7-8-17(4-2)16-14/h7-8,11-13,15H,3-6,9-10H2,1-2H3. The molecule has 0 bridgehead atoms. The number of hydrogen-bond donors (Lipinski definition) is 1. The summed E-state index contributed by atoms with van der Waals surface area (Å²) in [5.41, 5.74) is 0. The van der Waals surface area contributed by atoms with Gasteiger partial charge in [-0.05, 0) is 32.1 Å². The summed E-state index contributed by atoms with van der Waals surface area (Å²) >= 11 is 0. The summed E-state index contributed by atoms with van der Waals surface area (Å²) in [6.45, 7) is 7.60. The lowest BCUT2D eigenvalue weighted by Crippen LogP contribution is -2.57. The van der Waals surface area contributed by atoms with E-state index in [4.69, 9.17) is 0 Å². The third-order valence-corrected chi connectivity index (χ3v) is 4.36. The Kier molecular flexibility index (Phi) is 3.29. The molecule has 0 radical (unpaired) electrons. The summed E-state index contributed by atoms with van der Waals surface area (Å²) in [6, 6.07) is 3.45. The number of nitrogens with one attached hydrogen (secondary N) is 1. The molecule has 1 aliphatic heterocycles. The van der Waals surface area contributed by atoms with Crippen LogP contribution in [0.5, 0.6) is 0 Å². The number of nitrogens with zero attached hydrogens (tertiary/aromatic N) is 3. The second kappa shape index (κ2) is 4.92. The third kappa shape index (κ3) is 2.26. The fourth-order valence-electron chi connectivity index (χ4n) is 2.96. The van der Waals surface area contributed by atoms with E-state index in [9.17, 15) is 0 Å². The van der Waals surface area contributed by atoms with Gasteiger partial charge in [0.25, 0.3) is 0 Å². The van der Waals surface area contributed by atoms with E-state index in [0.717, 1.165) is 31.4 Å². The van der Waals surface area contributed by atoms with E-state index in [2.05, 4.69) is 41.4 Å². The lowest BCUT2D eigenvalue weighted by atomic mass is 10.0. The van der Waals surface area contributed by atoms with Crippen molar-refractivity contribution in [3.05, 3.63) is 12.3 Å². The predicted molar refractivity (Wildman–Crippen MR) is 73.8 cm³/mol. The molecule has 2 atom stereocenters. The van der Waals surface area contributed by atoms with Gasteiger partial charge in [0.2, 0.25) is 0 Å². The quantitative estimate of drug-likeness (QED) is 0.883.